The molecule has 0 unspecified atom stereocenters. The van der Waals surface area contributed by atoms with Gasteiger partial charge in [0.25, 0.3) is 10.2 Å². The highest BCUT2D eigenvalue weighted by Gasteiger charge is 2.14. The van der Waals surface area contributed by atoms with E-state index in [1.54, 1.807) is 14.0 Å². The molecule has 0 radical (unpaired) electrons. The predicted molar refractivity (Wildman–Crippen MR) is 52.6 cm³/mol. The van der Waals surface area contributed by atoms with Gasteiger partial charge in [0.15, 0.2) is 5.82 Å². The van der Waals surface area contributed by atoms with Crippen LogP contribution in [0.15, 0.2) is 0 Å². The quantitative estimate of drug-likeness (QED) is 0.592. The molecule has 0 aliphatic heterocycles. The Morgan fingerprint density at radius 3 is 2.57 bits per heavy atom. The first-order valence-electron chi connectivity index (χ1n) is 3.88. The van der Waals surface area contributed by atoms with Gasteiger partial charge in [-0.1, -0.05) is 0 Å². The van der Waals surface area contributed by atoms with Gasteiger partial charge in [-0.15, -0.1) is 0 Å². The maximum atomic E-state index is 10.8. The van der Waals surface area contributed by atoms with Gasteiger partial charge in [0, 0.05) is 24.8 Å². The molecular weight excluding hydrogens is 206 g/mol. The van der Waals surface area contributed by atoms with Crippen molar-refractivity contribution in [3.05, 3.63) is 11.3 Å². The van der Waals surface area contributed by atoms with Crippen LogP contribution < -0.4 is 15.6 Å². The summed E-state index contributed by atoms with van der Waals surface area (Å²) in [5.74, 6) is 0.190. The van der Waals surface area contributed by atoms with Gasteiger partial charge in [-0.2, -0.15) is 13.5 Å². The topological polar surface area (TPSA) is 116 Å². The highest BCUT2D eigenvalue weighted by atomic mass is 32.2. The molecule has 0 bridgehead atoms. The van der Waals surface area contributed by atoms with Crippen LogP contribution in [0.25, 0.3) is 0 Å². The van der Waals surface area contributed by atoms with E-state index >= 15 is 0 Å². The predicted octanol–water partition coefficient (Wildman–Crippen LogP) is -1.20. The summed E-state index contributed by atoms with van der Waals surface area (Å²) in [5, 5.41) is 8.75. The summed E-state index contributed by atoms with van der Waals surface area (Å²) < 4.78 is 25.2. The number of hydrogen-bond donors (Lipinski definition) is 3. The minimum Gasteiger partial charge on any atom is -0.326 e. The Kier molecular flexibility index (Phi) is 2.79. The number of rotatable bonds is 3. The van der Waals surface area contributed by atoms with Crippen LogP contribution in [0, 0.1) is 6.92 Å². The summed E-state index contributed by atoms with van der Waals surface area (Å²) in [6, 6.07) is 0. The van der Waals surface area contributed by atoms with Gasteiger partial charge in [0.05, 0.1) is 0 Å². The molecule has 0 aliphatic rings. The van der Waals surface area contributed by atoms with Gasteiger partial charge in [-0.3, -0.25) is 9.40 Å². The Hall–Kier alpha value is -1.12. The molecule has 0 fully saturated rings. The van der Waals surface area contributed by atoms with Crippen LogP contribution in [0.2, 0.25) is 0 Å². The molecule has 0 saturated carbocycles. The molecule has 8 heteroatoms. The maximum Gasteiger partial charge on any atom is 0.297 e. The molecule has 7 nitrogen and oxygen atoms in total. The van der Waals surface area contributed by atoms with Crippen molar-refractivity contribution in [2.24, 2.45) is 17.9 Å². The van der Waals surface area contributed by atoms with Crippen LogP contribution >= 0.6 is 0 Å². The van der Waals surface area contributed by atoms with Crippen molar-refractivity contribution in [2.45, 2.75) is 13.5 Å². The summed E-state index contributed by atoms with van der Waals surface area (Å²) in [6.45, 7) is 2.00. The second-order valence-electron chi connectivity index (χ2n) is 2.89. The zero-order valence-electron chi connectivity index (χ0n) is 7.98. The van der Waals surface area contributed by atoms with Crippen molar-refractivity contribution in [1.29, 1.82) is 0 Å². The van der Waals surface area contributed by atoms with Gasteiger partial charge < -0.3 is 5.73 Å². The Morgan fingerprint density at radius 1 is 1.57 bits per heavy atom. The zero-order chi connectivity index (χ0) is 10.9. The Bertz CT molecular complexity index is 435. The number of hydrogen-bond acceptors (Lipinski definition) is 4. The van der Waals surface area contributed by atoms with Crippen molar-refractivity contribution < 1.29 is 8.42 Å². The largest absolute Gasteiger partial charge is 0.326 e. The first-order chi connectivity index (χ1) is 6.35. The van der Waals surface area contributed by atoms with Gasteiger partial charge in [-0.05, 0) is 6.92 Å². The van der Waals surface area contributed by atoms with Gasteiger partial charge in [-0.25, -0.2) is 5.14 Å². The number of nitrogens with one attached hydrogen (secondary N) is 1. The van der Waals surface area contributed by atoms with Crippen LogP contribution in [-0.4, -0.2) is 18.2 Å². The summed E-state index contributed by atoms with van der Waals surface area (Å²) in [4.78, 5) is 0. The van der Waals surface area contributed by atoms with Crippen molar-refractivity contribution in [1.82, 2.24) is 9.78 Å². The highest BCUT2D eigenvalue weighted by Crippen LogP contribution is 2.17. The van der Waals surface area contributed by atoms with Gasteiger partial charge in [0.2, 0.25) is 0 Å². The van der Waals surface area contributed by atoms with Crippen LogP contribution in [0.1, 0.15) is 11.3 Å². The smallest absolute Gasteiger partial charge is 0.297 e. The zero-order valence-corrected chi connectivity index (χ0v) is 8.80. The molecule has 5 N–H and O–H groups in total. The third-order valence-electron chi connectivity index (χ3n) is 1.90. The molecule has 1 heterocycles. The second-order valence-corrected chi connectivity index (χ2v) is 4.18. The third-order valence-corrected chi connectivity index (χ3v) is 2.38. The van der Waals surface area contributed by atoms with E-state index in [2.05, 4.69) is 9.82 Å². The number of nitrogens with two attached hydrogens (primary N) is 2. The molecule has 0 amide bonds. The standard InChI is InChI=1S/C6H13N5O2S/c1-4-5(3-7)6(9-11(4)2)10-14(8,12)13/h3,7H2,1-2H3,(H,9,10)(H2,8,12,13). The number of anilines is 1. The fourth-order valence-corrected chi connectivity index (χ4v) is 1.55. The lowest BCUT2D eigenvalue weighted by atomic mass is 10.2. The molecule has 0 atom stereocenters. The van der Waals surface area contributed by atoms with E-state index in [4.69, 9.17) is 10.9 Å². The minimum absolute atomic E-state index is 0.190. The molecule has 0 saturated heterocycles. The summed E-state index contributed by atoms with van der Waals surface area (Å²) in [5.41, 5.74) is 6.90. The van der Waals surface area contributed by atoms with E-state index in [1.165, 1.54) is 4.68 Å². The normalized spacial score (nSPS) is 11.7. The van der Waals surface area contributed by atoms with E-state index in [0.29, 0.717) is 5.56 Å². The lowest BCUT2D eigenvalue weighted by molar-refractivity contribution is 0.602. The third kappa shape index (κ3) is 2.22. The average molecular weight is 219 g/mol. The summed E-state index contributed by atoms with van der Waals surface area (Å²) >= 11 is 0. The van der Waals surface area contributed by atoms with Crippen molar-refractivity contribution in [3.63, 3.8) is 0 Å². The molecule has 1 aromatic heterocycles. The van der Waals surface area contributed by atoms with E-state index in [0.717, 1.165) is 5.69 Å². The Labute approximate surface area is 82.3 Å². The van der Waals surface area contributed by atoms with Crippen LogP contribution in [-0.2, 0) is 23.8 Å². The van der Waals surface area contributed by atoms with E-state index in [-0.39, 0.29) is 12.4 Å². The monoisotopic (exact) mass is 219 g/mol. The van der Waals surface area contributed by atoms with Crippen LogP contribution in [0.3, 0.4) is 0 Å². The molecule has 1 aromatic rings. The molecule has 80 valence electrons. The average Bonchev–Trinajstić information content (AvgIpc) is 2.24. The van der Waals surface area contributed by atoms with Gasteiger partial charge in [0.1, 0.15) is 0 Å². The first-order valence-corrected chi connectivity index (χ1v) is 5.43. The number of aromatic nitrogens is 2. The second kappa shape index (κ2) is 3.56. The van der Waals surface area contributed by atoms with E-state index in [1.807, 2.05) is 0 Å². The first kappa shape index (κ1) is 11.0. The molecule has 14 heavy (non-hydrogen) atoms. The number of nitrogens with zero attached hydrogens (tertiary/aromatic N) is 2. The summed E-state index contributed by atoms with van der Waals surface area (Å²) in [7, 11) is -2.10. The van der Waals surface area contributed by atoms with E-state index in [9.17, 15) is 8.42 Å². The van der Waals surface area contributed by atoms with Crippen LogP contribution in [0.4, 0.5) is 5.82 Å². The van der Waals surface area contributed by atoms with Crippen molar-refractivity contribution >= 4 is 16.0 Å². The van der Waals surface area contributed by atoms with Crippen LogP contribution in [0.5, 0.6) is 0 Å². The molecule has 0 spiro atoms. The summed E-state index contributed by atoms with van der Waals surface area (Å²) in [6.07, 6.45) is 0. The van der Waals surface area contributed by atoms with Crippen molar-refractivity contribution in [3.8, 4) is 0 Å². The highest BCUT2D eigenvalue weighted by molar-refractivity contribution is 7.90. The van der Waals surface area contributed by atoms with Gasteiger partial charge >= 0.3 is 0 Å². The SMILES string of the molecule is Cc1c(CN)c(NS(N)(=O)=O)nn1C. The Morgan fingerprint density at radius 2 is 2.14 bits per heavy atom. The maximum absolute atomic E-state index is 10.8. The lowest BCUT2D eigenvalue weighted by Crippen LogP contribution is -2.23. The minimum atomic E-state index is -3.79. The number of aryl methyl sites for hydroxylation is 1. The Balaban J connectivity index is 3.15. The van der Waals surface area contributed by atoms with Crippen molar-refractivity contribution in [2.75, 3.05) is 4.72 Å². The molecule has 0 aromatic carbocycles. The molecular formula is C6H13N5O2S. The lowest BCUT2D eigenvalue weighted by Gasteiger charge is -2.01. The fraction of sp³-hybridized carbons (Fsp3) is 0.500. The molecule has 0 aliphatic carbocycles. The fourth-order valence-electron chi connectivity index (χ4n) is 1.11. The molecule has 1 rings (SSSR count). The van der Waals surface area contributed by atoms with E-state index < -0.39 is 10.2 Å².